The Morgan fingerprint density at radius 1 is 1.33 bits per heavy atom. The Kier molecular flexibility index (Phi) is 4.47. The molecule has 0 spiro atoms. The lowest BCUT2D eigenvalue weighted by atomic mass is 10.0. The van der Waals surface area contributed by atoms with Crippen LogP contribution in [0.2, 0.25) is 10.0 Å². The van der Waals surface area contributed by atoms with Crippen molar-refractivity contribution in [1.29, 1.82) is 0 Å². The molecular weight excluding hydrogens is 411 g/mol. The Labute approximate surface area is 168 Å². The molecule has 1 aliphatic rings. The second-order valence-electron chi connectivity index (χ2n) is 5.73. The van der Waals surface area contributed by atoms with Gasteiger partial charge in [0.1, 0.15) is 21.6 Å². The number of aliphatic hydroxyl groups is 1. The van der Waals surface area contributed by atoms with Crippen LogP contribution in [-0.4, -0.2) is 17.2 Å². The number of ether oxygens (including phenoxy) is 2. The number of halogens is 2. The zero-order chi connectivity index (χ0) is 19.2. The largest absolute Gasteiger partial charge is 0.619 e. The molecule has 0 bridgehead atoms. The average Bonchev–Trinajstić information content (AvgIpc) is 3.26. The fraction of sp³-hybridized carbons (Fsp3) is 0.111. The summed E-state index contributed by atoms with van der Waals surface area (Å²) >= 11 is 13.6. The first-order valence-corrected chi connectivity index (χ1v) is 9.35. The summed E-state index contributed by atoms with van der Waals surface area (Å²) in [5.74, 6) is -0.856. The van der Waals surface area contributed by atoms with E-state index < -0.39 is 5.79 Å². The summed E-state index contributed by atoms with van der Waals surface area (Å²) in [6.07, 6.45) is 5.55. The van der Waals surface area contributed by atoms with Crippen LogP contribution in [0.1, 0.15) is 21.7 Å². The van der Waals surface area contributed by atoms with E-state index in [-0.39, 0.29) is 10.0 Å². The van der Waals surface area contributed by atoms with E-state index in [9.17, 15) is 10.3 Å². The number of hydrogen-bond donors (Lipinski definition) is 1. The monoisotopic (exact) mass is 422 g/mol. The van der Waals surface area contributed by atoms with Gasteiger partial charge in [0, 0.05) is 28.3 Å². The van der Waals surface area contributed by atoms with E-state index in [2.05, 4.69) is 4.98 Å². The quantitative estimate of drug-likeness (QED) is 0.512. The maximum Gasteiger partial charge on any atom is 0.289 e. The van der Waals surface area contributed by atoms with Crippen molar-refractivity contribution in [3.05, 3.63) is 79.1 Å². The third-order valence-corrected chi connectivity index (χ3v) is 5.57. The lowest BCUT2D eigenvalue weighted by Crippen LogP contribution is -2.26. The minimum atomic E-state index is -1.77. The van der Waals surface area contributed by atoms with E-state index in [4.69, 9.17) is 32.7 Å². The van der Waals surface area contributed by atoms with Crippen molar-refractivity contribution < 1.29 is 19.3 Å². The van der Waals surface area contributed by atoms with Gasteiger partial charge in [-0.3, -0.25) is 0 Å². The summed E-state index contributed by atoms with van der Waals surface area (Å²) in [6.45, 7) is 0. The van der Waals surface area contributed by atoms with Crippen LogP contribution in [0.25, 0.3) is 11.8 Å². The number of fused-ring (bicyclic) bond motifs is 1. The van der Waals surface area contributed by atoms with E-state index in [1.807, 2.05) is 0 Å². The van der Waals surface area contributed by atoms with Crippen LogP contribution in [-0.2, 0) is 10.5 Å². The molecule has 0 saturated heterocycles. The summed E-state index contributed by atoms with van der Waals surface area (Å²) in [5.41, 5.74) is 1.54. The molecule has 0 aliphatic carbocycles. The Bertz CT molecular complexity index is 1030. The SMILES string of the molecule is COc1ccc2c(c1)C(O)(c1nccs1)OC2=Cc1c(Cl)c[n+]([O-])cc1Cl. The number of benzene rings is 1. The highest BCUT2D eigenvalue weighted by Crippen LogP contribution is 2.48. The maximum atomic E-state index is 11.5. The number of pyridine rings is 1. The third kappa shape index (κ3) is 3.02. The molecule has 1 aromatic carbocycles. The van der Waals surface area contributed by atoms with Gasteiger partial charge in [0.25, 0.3) is 5.79 Å². The van der Waals surface area contributed by atoms with Gasteiger partial charge >= 0.3 is 0 Å². The van der Waals surface area contributed by atoms with Gasteiger partial charge in [-0.15, -0.1) is 11.3 Å². The first kappa shape index (κ1) is 18.1. The predicted molar refractivity (Wildman–Crippen MR) is 102 cm³/mol. The minimum absolute atomic E-state index is 0.161. The molecule has 1 aliphatic heterocycles. The number of rotatable bonds is 3. The van der Waals surface area contributed by atoms with Crippen molar-refractivity contribution in [3.8, 4) is 5.75 Å². The van der Waals surface area contributed by atoms with Crippen LogP contribution in [0.15, 0.2) is 42.2 Å². The molecule has 9 heteroatoms. The summed E-state index contributed by atoms with van der Waals surface area (Å²) in [4.78, 5) is 4.19. The first-order valence-electron chi connectivity index (χ1n) is 7.72. The molecule has 0 amide bonds. The number of hydrogen-bond acceptors (Lipinski definition) is 6. The molecule has 27 heavy (non-hydrogen) atoms. The topological polar surface area (TPSA) is 78.5 Å². The maximum absolute atomic E-state index is 11.5. The second-order valence-corrected chi connectivity index (χ2v) is 7.44. The van der Waals surface area contributed by atoms with E-state index >= 15 is 0 Å². The van der Waals surface area contributed by atoms with Gasteiger partial charge in [-0.1, -0.05) is 23.2 Å². The van der Waals surface area contributed by atoms with Crippen LogP contribution in [0.3, 0.4) is 0 Å². The summed E-state index contributed by atoms with van der Waals surface area (Å²) in [6, 6.07) is 5.21. The van der Waals surface area contributed by atoms with Gasteiger partial charge in [-0.2, -0.15) is 4.73 Å². The molecule has 0 fully saturated rings. The number of aromatic nitrogens is 2. The molecule has 6 nitrogen and oxygen atoms in total. The van der Waals surface area contributed by atoms with Crippen molar-refractivity contribution in [1.82, 2.24) is 4.98 Å². The van der Waals surface area contributed by atoms with Gasteiger partial charge in [-0.05, 0) is 24.3 Å². The second kappa shape index (κ2) is 6.69. The van der Waals surface area contributed by atoms with E-state index in [1.54, 1.807) is 43.0 Å². The third-order valence-electron chi connectivity index (χ3n) is 4.11. The Balaban J connectivity index is 1.91. The first-order chi connectivity index (χ1) is 12.9. The number of thiazole rings is 1. The van der Waals surface area contributed by atoms with Gasteiger partial charge in [-0.25, -0.2) is 4.98 Å². The van der Waals surface area contributed by atoms with Crippen molar-refractivity contribution in [2.24, 2.45) is 0 Å². The van der Waals surface area contributed by atoms with Crippen LogP contribution in [0, 0.1) is 5.21 Å². The number of nitrogens with zero attached hydrogens (tertiary/aromatic N) is 2. The summed E-state index contributed by atoms with van der Waals surface area (Å²) in [5, 5.41) is 25.2. The zero-order valence-corrected chi connectivity index (χ0v) is 16.2. The van der Waals surface area contributed by atoms with Crippen molar-refractivity contribution in [3.63, 3.8) is 0 Å². The van der Waals surface area contributed by atoms with E-state index in [0.29, 0.717) is 37.9 Å². The Hall–Kier alpha value is -2.32. The summed E-state index contributed by atoms with van der Waals surface area (Å²) < 4.78 is 11.7. The van der Waals surface area contributed by atoms with Crippen LogP contribution >= 0.6 is 34.5 Å². The van der Waals surface area contributed by atoms with E-state index in [0.717, 1.165) is 0 Å². The Morgan fingerprint density at radius 3 is 2.70 bits per heavy atom. The molecule has 138 valence electrons. The minimum Gasteiger partial charge on any atom is -0.619 e. The molecule has 1 unspecified atom stereocenters. The molecule has 0 radical (unpaired) electrons. The highest BCUT2D eigenvalue weighted by Gasteiger charge is 2.46. The highest BCUT2D eigenvalue weighted by molar-refractivity contribution is 7.09. The van der Waals surface area contributed by atoms with Crippen LogP contribution in [0.4, 0.5) is 0 Å². The van der Waals surface area contributed by atoms with Gasteiger partial charge < -0.3 is 19.8 Å². The molecule has 3 aromatic rings. The average molecular weight is 423 g/mol. The van der Waals surface area contributed by atoms with E-state index in [1.165, 1.54) is 23.7 Å². The van der Waals surface area contributed by atoms with Gasteiger partial charge in [0.05, 0.1) is 7.11 Å². The molecule has 3 heterocycles. The molecule has 1 N–H and O–H groups in total. The van der Waals surface area contributed by atoms with Crippen LogP contribution < -0.4 is 9.47 Å². The zero-order valence-electron chi connectivity index (χ0n) is 13.8. The fourth-order valence-electron chi connectivity index (χ4n) is 2.85. The molecule has 2 aromatic heterocycles. The normalized spacial score (nSPS) is 19.8. The standard InChI is InChI=1S/C18H12Cl2N2O4S/c1-25-10-2-3-11-13(6-10)18(23,17-21-4-5-27-17)26-16(11)7-12-14(19)8-22(24)9-15(12)20/h2-9,23H,1H3. The Morgan fingerprint density at radius 2 is 2.07 bits per heavy atom. The molecule has 4 rings (SSSR count). The molecular formula is C18H12Cl2N2O4S. The smallest absolute Gasteiger partial charge is 0.289 e. The lowest BCUT2D eigenvalue weighted by molar-refractivity contribution is -0.605. The van der Waals surface area contributed by atoms with Crippen molar-refractivity contribution >= 4 is 46.4 Å². The lowest BCUT2D eigenvalue weighted by Gasteiger charge is -2.21. The van der Waals surface area contributed by atoms with Crippen molar-refractivity contribution in [2.75, 3.05) is 7.11 Å². The van der Waals surface area contributed by atoms with Gasteiger partial charge in [0.2, 0.25) is 0 Å². The fourth-order valence-corrected chi connectivity index (χ4v) is 4.09. The van der Waals surface area contributed by atoms with Gasteiger partial charge in [0.15, 0.2) is 17.4 Å². The molecule has 0 saturated carbocycles. The van der Waals surface area contributed by atoms with Crippen molar-refractivity contribution in [2.45, 2.75) is 5.79 Å². The summed E-state index contributed by atoms with van der Waals surface area (Å²) in [7, 11) is 1.54. The molecule has 1 atom stereocenters. The predicted octanol–water partition coefficient (Wildman–Crippen LogP) is 3.81. The van der Waals surface area contributed by atoms with Crippen LogP contribution in [0.5, 0.6) is 5.75 Å². The highest BCUT2D eigenvalue weighted by atomic mass is 35.5. The number of methoxy groups -OCH3 is 1.